The molecule has 0 aromatic heterocycles. The third-order valence-electron chi connectivity index (χ3n) is 7.14. The fraction of sp³-hybridized carbons (Fsp3) is 0.281. The number of nitrogens with one attached hydrogen (secondary N) is 2. The molecule has 1 saturated heterocycles. The van der Waals surface area contributed by atoms with Crippen molar-refractivity contribution in [2.45, 2.75) is 12.5 Å². The fourth-order valence-corrected chi connectivity index (χ4v) is 4.96. The maximum Gasteiger partial charge on any atom is 0.513 e. The molecule has 2 N–H and O–H groups in total. The predicted octanol–water partition coefficient (Wildman–Crippen LogP) is 4.56. The third-order valence-corrected chi connectivity index (χ3v) is 7.14. The molecule has 0 saturated carbocycles. The number of ether oxygens (including phenoxy) is 3. The minimum absolute atomic E-state index is 0.0315. The molecule has 10 nitrogen and oxygen atoms in total. The van der Waals surface area contributed by atoms with Crippen LogP contribution in [0.5, 0.6) is 5.75 Å². The third kappa shape index (κ3) is 6.62. The normalized spacial score (nSPS) is 17.1. The van der Waals surface area contributed by atoms with Crippen molar-refractivity contribution in [2.24, 2.45) is 0 Å². The van der Waals surface area contributed by atoms with Crippen molar-refractivity contribution in [3.8, 4) is 5.75 Å². The molecule has 1 unspecified atom stereocenters. The van der Waals surface area contributed by atoms with Crippen LogP contribution in [0, 0.1) is 0 Å². The van der Waals surface area contributed by atoms with Gasteiger partial charge in [-0.25, -0.2) is 4.79 Å². The summed E-state index contributed by atoms with van der Waals surface area (Å²) >= 11 is 0. The Morgan fingerprint density at radius 3 is 2.50 bits per heavy atom. The summed E-state index contributed by atoms with van der Waals surface area (Å²) in [5, 5.41) is 6.26. The molecule has 218 valence electrons. The van der Waals surface area contributed by atoms with E-state index in [1.807, 2.05) is 61.5 Å². The molecule has 42 heavy (non-hydrogen) atoms. The number of hydrogen-bond donors (Lipinski definition) is 2. The Balaban J connectivity index is 1.35. The second kappa shape index (κ2) is 12.9. The molecule has 0 spiro atoms. The predicted molar refractivity (Wildman–Crippen MR) is 160 cm³/mol. The molecular weight excluding hydrogens is 536 g/mol. The maximum absolute atomic E-state index is 13.2. The van der Waals surface area contributed by atoms with Gasteiger partial charge in [-0.15, -0.1) is 0 Å². The molecule has 2 amide bonds. The molecule has 2 heterocycles. The molecule has 0 aliphatic carbocycles. The van der Waals surface area contributed by atoms with Gasteiger partial charge in [0.1, 0.15) is 5.75 Å². The van der Waals surface area contributed by atoms with Crippen molar-refractivity contribution in [1.82, 2.24) is 9.80 Å². The summed E-state index contributed by atoms with van der Waals surface area (Å²) in [6.45, 7) is 2.73. The quantitative estimate of drug-likeness (QED) is 0.219. The summed E-state index contributed by atoms with van der Waals surface area (Å²) in [5.41, 5.74) is 4.33. The van der Waals surface area contributed by atoms with Crippen molar-refractivity contribution >= 4 is 40.6 Å². The highest BCUT2D eigenvalue weighted by atomic mass is 16.7. The lowest BCUT2D eigenvalue weighted by molar-refractivity contribution is -0.110. The largest absolute Gasteiger partial charge is 0.513 e. The number of amides is 2. The number of carbonyl (C=O) groups excluding carboxylic acids is 3. The highest BCUT2D eigenvalue weighted by molar-refractivity contribution is 6.37. The Hall–Kier alpha value is -4.67. The summed E-state index contributed by atoms with van der Waals surface area (Å²) in [7, 11) is 5.24. The zero-order valence-electron chi connectivity index (χ0n) is 23.9. The van der Waals surface area contributed by atoms with Crippen molar-refractivity contribution in [1.29, 1.82) is 0 Å². The lowest BCUT2D eigenvalue weighted by Crippen LogP contribution is -2.31. The summed E-state index contributed by atoms with van der Waals surface area (Å²) in [5.74, 6) is -0.0770. The van der Waals surface area contributed by atoms with Gasteiger partial charge in [-0.3, -0.25) is 9.59 Å². The van der Waals surface area contributed by atoms with E-state index < -0.39 is 6.16 Å². The summed E-state index contributed by atoms with van der Waals surface area (Å²) in [4.78, 5) is 41.9. The van der Waals surface area contributed by atoms with Crippen LogP contribution in [0.2, 0.25) is 0 Å². The van der Waals surface area contributed by atoms with E-state index in [1.165, 1.54) is 7.11 Å². The monoisotopic (exact) mass is 570 g/mol. The Bertz CT molecular complexity index is 1490. The van der Waals surface area contributed by atoms with Crippen LogP contribution in [-0.4, -0.2) is 81.3 Å². The Morgan fingerprint density at radius 1 is 1.02 bits per heavy atom. The Labute approximate surface area is 244 Å². The number of fused-ring (bicyclic) bond motifs is 1. The number of rotatable bonds is 9. The number of carbonyl (C=O) groups is 3. The van der Waals surface area contributed by atoms with Gasteiger partial charge in [0.25, 0.3) is 11.8 Å². The van der Waals surface area contributed by atoms with Crippen molar-refractivity contribution in [3.05, 3.63) is 89.5 Å². The topological polar surface area (TPSA) is 109 Å². The lowest BCUT2D eigenvalue weighted by Gasteiger charge is -2.18. The van der Waals surface area contributed by atoms with Crippen LogP contribution in [0.1, 0.15) is 27.9 Å². The molecule has 1 atom stereocenters. The van der Waals surface area contributed by atoms with Crippen molar-refractivity contribution in [3.63, 3.8) is 0 Å². The number of likely N-dealkylation sites (tertiary alicyclic amines) is 1. The van der Waals surface area contributed by atoms with Gasteiger partial charge >= 0.3 is 6.16 Å². The highest BCUT2D eigenvalue weighted by Crippen LogP contribution is 2.39. The molecule has 1 fully saturated rings. The zero-order valence-corrected chi connectivity index (χ0v) is 23.9. The van der Waals surface area contributed by atoms with Gasteiger partial charge in [-0.05, 0) is 62.5 Å². The van der Waals surface area contributed by atoms with Gasteiger partial charge in [0.2, 0.25) is 0 Å². The van der Waals surface area contributed by atoms with E-state index in [9.17, 15) is 14.4 Å². The number of benzene rings is 3. The van der Waals surface area contributed by atoms with Gasteiger partial charge in [0.05, 0.1) is 36.8 Å². The van der Waals surface area contributed by atoms with Crippen LogP contribution in [0.4, 0.5) is 16.2 Å². The van der Waals surface area contributed by atoms with Crippen molar-refractivity contribution in [2.75, 3.05) is 58.1 Å². The van der Waals surface area contributed by atoms with Crippen LogP contribution < -0.4 is 15.4 Å². The van der Waals surface area contributed by atoms with E-state index in [-0.39, 0.29) is 23.7 Å². The summed E-state index contributed by atoms with van der Waals surface area (Å²) in [6, 6.07) is 21.7. The first-order valence-corrected chi connectivity index (χ1v) is 13.8. The SMILES string of the molecule is COC(=O)Oc1ccc2c(c1)NC(=O)/C2=C(\Nc1ccc(C(=O)N2CCC(OCCN(C)C)C2)cc1)c1ccccc1. The molecule has 2 aliphatic rings. The van der Waals surface area contributed by atoms with E-state index in [0.29, 0.717) is 47.8 Å². The van der Waals surface area contributed by atoms with E-state index in [2.05, 4.69) is 20.3 Å². The van der Waals surface area contributed by atoms with Gasteiger partial charge < -0.3 is 34.6 Å². The van der Waals surface area contributed by atoms with Gasteiger partial charge in [0, 0.05) is 42.5 Å². The average molecular weight is 571 g/mol. The molecule has 2 aliphatic heterocycles. The van der Waals surface area contributed by atoms with E-state index in [0.717, 1.165) is 24.2 Å². The molecule has 5 rings (SSSR count). The number of likely N-dealkylation sites (N-methyl/N-ethyl adjacent to an activating group) is 1. The number of anilines is 2. The molecule has 0 bridgehead atoms. The number of nitrogens with zero attached hydrogens (tertiary/aromatic N) is 2. The van der Waals surface area contributed by atoms with Crippen LogP contribution in [0.25, 0.3) is 11.3 Å². The number of hydrogen-bond acceptors (Lipinski definition) is 8. The van der Waals surface area contributed by atoms with Crippen molar-refractivity contribution < 1.29 is 28.6 Å². The fourth-order valence-electron chi connectivity index (χ4n) is 4.96. The smallest absolute Gasteiger partial charge is 0.437 e. The first-order valence-electron chi connectivity index (χ1n) is 13.8. The van der Waals surface area contributed by atoms with Crippen LogP contribution in [-0.2, 0) is 14.3 Å². The van der Waals surface area contributed by atoms with Gasteiger partial charge in [-0.2, -0.15) is 0 Å². The molecule has 3 aromatic rings. The number of methoxy groups -OCH3 is 1. The Kier molecular flexibility index (Phi) is 8.85. The van der Waals surface area contributed by atoms with Gasteiger partial charge in [0.15, 0.2) is 0 Å². The summed E-state index contributed by atoms with van der Waals surface area (Å²) in [6.07, 6.45) is 0.0343. The second-order valence-corrected chi connectivity index (χ2v) is 10.4. The molecular formula is C32H34N4O6. The first-order chi connectivity index (χ1) is 20.3. The lowest BCUT2D eigenvalue weighted by atomic mass is 10.00. The van der Waals surface area contributed by atoms with E-state index >= 15 is 0 Å². The standard InChI is InChI=1S/C32H34N4O6/c1-35(2)17-18-41-25-15-16-36(20-25)31(38)22-9-11-23(12-10-22)33-29(21-7-5-4-6-8-21)28-26-14-13-24(42-32(39)40-3)19-27(26)34-30(28)37/h4-14,19,25,33H,15-18,20H2,1-3H3,(H,34,37)/b29-28-. The molecule has 10 heteroatoms. The minimum Gasteiger partial charge on any atom is -0.437 e. The highest BCUT2D eigenvalue weighted by Gasteiger charge is 2.30. The van der Waals surface area contributed by atoms with E-state index in [4.69, 9.17) is 9.47 Å². The van der Waals surface area contributed by atoms with Gasteiger partial charge in [-0.1, -0.05) is 30.3 Å². The summed E-state index contributed by atoms with van der Waals surface area (Å²) < 4.78 is 15.6. The second-order valence-electron chi connectivity index (χ2n) is 10.4. The van der Waals surface area contributed by atoms with Crippen LogP contribution >= 0.6 is 0 Å². The minimum atomic E-state index is -0.846. The molecule has 3 aromatic carbocycles. The molecule has 0 radical (unpaired) electrons. The van der Waals surface area contributed by atoms with Crippen LogP contribution in [0.15, 0.2) is 72.8 Å². The zero-order chi connectivity index (χ0) is 29.6. The average Bonchev–Trinajstić information content (AvgIpc) is 3.59. The van der Waals surface area contributed by atoms with E-state index in [1.54, 1.807) is 30.3 Å². The Morgan fingerprint density at radius 2 is 1.79 bits per heavy atom. The maximum atomic E-state index is 13.2. The van der Waals surface area contributed by atoms with Crippen LogP contribution in [0.3, 0.4) is 0 Å². The first kappa shape index (κ1) is 28.8.